The zero-order valence-corrected chi connectivity index (χ0v) is 20.0. The first-order chi connectivity index (χ1) is 16.5. The molecule has 2 N–H and O–H groups in total. The SMILES string of the molecule is COc1ccc(C2Nn3c(nnc3-c3ccccc3)SC2C(=O)Nc2ccc(C)c(C)c2)cc1. The zero-order valence-electron chi connectivity index (χ0n) is 19.1. The van der Waals surface area contributed by atoms with Gasteiger partial charge in [0.05, 0.1) is 13.2 Å². The van der Waals surface area contributed by atoms with Gasteiger partial charge in [0.1, 0.15) is 11.0 Å². The summed E-state index contributed by atoms with van der Waals surface area (Å²) in [6.07, 6.45) is 0. The summed E-state index contributed by atoms with van der Waals surface area (Å²) in [5.41, 5.74) is 8.51. The minimum Gasteiger partial charge on any atom is -0.497 e. The largest absolute Gasteiger partial charge is 0.497 e. The smallest absolute Gasteiger partial charge is 0.240 e. The van der Waals surface area contributed by atoms with Gasteiger partial charge in [-0.2, -0.15) is 0 Å². The summed E-state index contributed by atoms with van der Waals surface area (Å²) < 4.78 is 7.19. The maximum absolute atomic E-state index is 13.5. The number of anilines is 1. The van der Waals surface area contributed by atoms with Crippen molar-refractivity contribution >= 4 is 23.4 Å². The fraction of sp³-hybridized carbons (Fsp3) is 0.192. The molecule has 4 aromatic rings. The van der Waals surface area contributed by atoms with Crippen LogP contribution in [0, 0.1) is 13.8 Å². The van der Waals surface area contributed by atoms with Crippen LogP contribution in [0.2, 0.25) is 0 Å². The molecule has 0 radical (unpaired) electrons. The highest BCUT2D eigenvalue weighted by molar-refractivity contribution is 8.00. The van der Waals surface area contributed by atoms with Crippen molar-refractivity contribution in [2.45, 2.75) is 30.3 Å². The molecule has 0 saturated heterocycles. The van der Waals surface area contributed by atoms with Gasteiger partial charge in [-0.1, -0.05) is 60.3 Å². The van der Waals surface area contributed by atoms with Crippen LogP contribution in [0.1, 0.15) is 22.7 Å². The predicted molar refractivity (Wildman–Crippen MR) is 135 cm³/mol. The van der Waals surface area contributed by atoms with Crippen LogP contribution in [0.15, 0.2) is 78.0 Å². The Labute approximate surface area is 202 Å². The normalized spacial score (nSPS) is 16.9. The van der Waals surface area contributed by atoms with E-state index in [0.29, 0.717) is 11.0 Å². The number of rotatable bonds is 5. The molecule has 1 aliphatic heterocycles. The molecular weight excluding hydrogens is 446 g/mol. The van der Waals surface area contributed by atoms with E-state index in [1.165, 1.54) is 17.3 Å². The molecule has 172 valence electrons. The summed E-state index contributed by atoms with van der Waals surface area (Å²) in [5, 5.41) is 12.0. The number of nitrogens with zero attached hydrogens (tertiary/aromatic N) is 3. The Kier molecular flexibility index (Phi) is 5.98. The second-order valence-corrected chi connectivity index (χ2v) is 9.32. The predicted octanol–water partition coefficient (Wildman–Crippen LogP) is 4.97. The lowest BCUT2D eigenvalue weighted by Gasteiger charge is -2.33. The molecule has 7 nitrogen and oxygen atoms in total. The summed E-state index contributed by atoms with van der Waals surface area (Å²) in [6.45, 7) is 4.09. The van der Waals surface area contributed by atoms with E-state index in [1.54, 1.807) is 7.11 Å². The molecule has 1 aromatic heterocycles. The summed E-state index contributed by atoms with van der Waals surface area (Å²) in [6, 6.07) is 23.3. The van der Waals surface area contributed by atoms with Crippen molar-refractivity contribution < 1.29 is 9.53 Å². The molecule has 3 aromatic carbocycles. The topological polar surface area (TPSA) is 81.1 Å². The van der Waals surface area contributed by atoms with E-state index in [1.807, 2.05) is 84.4 Å². The Morgan fingerprint density at radius 3 is 2.47 bits per heavy atom. The van der Waals surface area contributed by atoms with Crippen molar-refractivity contribution in [1.82, 2.24) is 14.9 Å². The summed E-state index contributed by atoms with van der Waals surface area (Å²) in [7, 11) is 1.64. The van der Waals surface area contributed by atoms with Gasteiger partial charge < -0.3 is 15.5 Å². The van der Waals surface area contributed by atoms with Crippen molar-refractivity contribution in [3.8, 4) is 17.1 Å². The van der Waals surface area contributed by atoms with Crippen molar-refractivity contribution in [1.29, 1.82) is 0 Å². The van der Waals surface area contributed by atoms with Crippen LogP contribution < -0.4 is 15.5 Å². The number of nitrogens with one attached hydrogen (secondary N) is 2. The van der Waals surface area contributed by atoms with Crippen molar-refractivity contribution in [3.63, 3.8) is 0 Å². The number of benzene rings is 3. The van der Waals surface area contributed by atoms with E-state index in [-0.39, 0.29) is 11.9 Å². The first-order valence-corrected chi connectivity index (χ1v) is 11.9. The lowest BCUT2D eigenvalue weighted by atomic mass is 10.0. The van der Waals surface area contributed by atoms with Crippen LogP contribution in [0.25, 0.3) is 11.4 Å². The van der Waals surface area contributed by atoms with E-state index in [0.717, 1.165) is 28.1 Å². The van der Waals surface area contributed by atoms with E-state index >= 15 is 0 Å². The molecule has 5 rings (SSSR count). The molecule has 1 aliphatic rings. The molecule has 2 heterocycles. The first-order valence-electron chi connectivity index (χ1n) is 11.0. The highest BCUT2D eigenvalue weighted by atomic mass is 32.2. The minimum atomic E-state index is -0.463. The number of amides is 1. The van der Waals surface area contributed by atoms with Gasteiger partial charge in [0.25, 0.3) is 0 Å². The molecule has 1 amide bonds. The average molecular weight is 472 g/mol. The molecule has 34 heavy (non-hydrogen) atoms. The third kappa shape index (κ3) is 4.24. The van der Waals surface area contributed by atoms with Crippen LogP contribution in [0.3, 0.4) is 0 Å². The lowest BCUT2D eigenvalue weighted by Crippen LogP contribution is -2.41. The van der Waals surface area contributed by atoms with Gasteiger partial charge in [0.15, 0.2) is 5.82 Å². The van der Waals surface area contributed by atoms with E-state index < -0.39 is 5.25 Å². The molecular formula is C26H25N5O2S. The number of ether oxygens (including phenoxy) is 1. The van der Waals surface area contributed by atoms with Crippen LogP contribution in [-0.4, -0.2) is 33.1 Å². The standard InChI is InChI=1S/C26H25N5O2S/c1-16-9-12-20(15-17(16)2)27-25(32)23-22(18-10-13-21(33-3)14-11-18)30-31-24(28-29-26(31)34-23)19-7-5-4-6-8-19/h4-15,22-23,30H,1-3H3,(H,27,32). The summed E-state index contributed by atoms with van der Waals surface area (Å²) >= 11 is 1.40. The van der Waals surface area contributed by atoms with Crippen LogP contribution >= 0.6 is 11.8 Å². The number of aryl methyl sites for hydroxylation is 2. The Morgan fingerprint density at radius 1 is 1.00 bits per heavy atom. The maximum atomic E-state index is 13.5. The quantitative estimate of drug-likeness (QED) is 0.428. The third-order valence-electron chi connectivity index (χ3n) is 5.98. The van der Waals surface area contributed by atoms with Gasteiger partial charge in [-0.3, -0.25) is 4.79 Å². The first kappa shape index (κ1) is 22.0. The highest BCUT2D eigenvalue weighted by Gasteiger charge is 2.38. The number of methoxy groups -OCH3 is 1. The summed E-state index contributed by atoms with van der Waals surface area (Å²) in [4.78, 5) is 13.5. The van der Waals surface area contributed by atoms with Gasteiger partial charge in [-0.25, -0.2) is 4.68 Å². The van der Waals surface area contributed by atoms with Crippen molar-refractivity contribution in [3.05, 3.63) is 89.5 Å². The monoisotopic (exact) mass is 471 g/mol. The molecule has 0 spiro atoms. The number of hydrogen-bond donors (Lipinski definition) is 2. The molecule has 2 atom stereocenters. The molecule has 0 bridgehead atoms. The van der Waals surface area contributed by atoms with Gasteiger partial charge >= 0.3 is 0 Å². The van der Waals surface area contributed by atoms with Gasteiger partial charge in [0.2, 0.25) is 11.1 Å². The second kappa shape index (κ2) is 9.23. The Morgan fingerprint density at radius 2 is 1.76 bits per heavy atom. The molecule has 8 heteroatoms. The zero-order chi connectivity index (χ0) is 23.7. The van der Waals surface area contributed by atoms with Gasteiger partial charge in [-0.15, -0.1) is 10.2 Å². The second-order valence-electron chi connectivity index (χ2n) is 8.21. The van der Waals surface area contributed by atoms with E-state index in [2.05, 4.69) is 27.9 Å². The highest BCUT2D eigenvalue weighted by Crippen LogP contribution is 2.39. The van der Waals surface area contributed by atoms with E-state index in [4.69, 9.17) is 4.74 Å². The molecule has 0 fully saturated rings. The summed E-state index contributed by atoms with van der Waals surface area (Å²) in [5.74, 6) is 1.37. The van der Waals surface area contributed by atoms with Crippen molar-refractivity contribution in [2.75, 3.05) is 17.9 Å². The number of hydrogen-bond acceptors (Lipinski definition) is 6. The maximum Gasteiger partial charge on any atom is 0.240 e. The van der Waals surface area contributed by atoms with E-state index in [9.17, 15) is 4.79 Å². The van der Waals surface area contributed by atoms with Gasteiger partial charge in [0, 0.05) is 11.3 Å². The number of aromatic nitrogens is 3. The number of thioether (sulfide) groups is 1. The van der Waals surface area contributed by atoms with Crippen LogP contribution in [0.4, 0.5) is 5.69 Å². The number of carbonyl (C=O) groups is 1. The lowest BCUT2D eigenvalue weighted by molar-refractivity contribution is -0.116. The molecule has 0 saturated carbocycles. The average Bonchev–Trinajstić information content (AvgIpc) is 3.29. The van der Waals surface area contributed by atoms with Crippen LogP contribution in [-0.2, 0) is 4.79 Å². The number of carbonyl (C=O) groups excluding carboxylic acids is 1. The molecule has 2 unspecified atom stereocenters. The number of fused-ring (bicyclic) bond motifs is 1. The Bertz CT molecular complexity index is 1320. The van der Waals surface area contributed by atoms with Crippen molar-refractivity contribution in [2.24, 2.45) is 0 Å². The Balaban J connectivity index is 1.50. The van der Waals surface area contributed by atoms with Gasteiger partial charge in [-0.05, 0) is 54.8 Å². The van der Waals surface area contributed by atoms with Crippen LogP contribution in [0.5, 0.6) is 5.75 Å². The third-order valence-corrected chi connectivity index (χ3v) is 7.19. The fourth-order valence-electron chi connectivity index (χ4n) is 3.92. The Hall–Kier alpha value is -3.78. The minimum absolute atomic E-state index is 0.0999. The fourth-order valence-corrected chi connectivity index (χ4v) is 5.00. The molecule has 0 aliphatic carbocycles.